The summed E-state index contributed by atoms with van der Waals surface area (Å²) in [6, 6.07) is 12.5. The lowest BCUT2D eigenvalue weighted by Crippen LogP contribution is -2.21. The lowest BCUT2D eigenvalue weighted by Gasteiger charge is -2.09. The number of hydrogen-bond acceptors (Lipinski definition) is 3. The normalized spacial score (nSPS) is 13.3. The van der Waals surface area contributed by atoms with Crippen LogP contribution in [0.25, 0.3) is 10.8 Å². The first-order chi connectivity index (χ1) is 9.44. The summed E-state index contributed by atoms with van der Waals surface area (Å²) in [6.07, 6.45) is 0.659. The summed E-state index contributed by atoms with van der Waals surface area (Å²) in [6.45, 7) is 3.64. The maximum absolute atomic E-state index is 12.3. The van der Waals surface area contributed by atoms with Crippen LogP contribution < -0.4 is 0 Å². The molecule has 0 heterocycles. The molecule has 106 valence electrons. The molecular formula is C16H18O3S. The van der Waals surface area contributed by atoms with Crippen molar-refractivity contribution in [2.45, 2.75) is 25.2 Å². The van der Waals surface area contributed by atoms with Crippen LogP contribution in [-0.4, -0.2) is 20.0 Å². The number of carbonyl (C=O) groups is 1. The average molecular weight is 290 g/mol. The molecule has 0 saturated carbocycles. The van der Waals surface area contributed by atoms with Gasteiger partial charge < -0.3 is 0 Å². The topological polar surface area (TPSA) is 51.2 Å². The van der Waals surface area contributed by atoms with Gasteiger partial charge in [-0.25, -0.2) is 8.42 Å². The van der Waals surface area contributed by atoms with Gasteiger partial charge >= 0.3 is 0 Å². The Bertz CT molecular complexity index is 732. The van der Waals surface area contributed by atoms with Crippen molar-refractivity contribution in [2.24, 2.45) is 5.92 Å². The quantitative estimate of drug-likeness (QED) is 0.849. The molecule has 1 atom stereocenters. The van der Waals surface area contributed by atoms with Crippen LogP contribution in [0.1, 0.15) is 20.3 Å². The summed E-state index contributed by atoms with van der Waals surface area (Å²) in [5.41, 5.74) is 0. The number of carbonyl (C=O) groups excluding carboxylic acids is 1. The molecule has 0 aromatic heterocycles. The van der Waals surface area contributed by atoms with Gasteiger partial charge in [0.15, 0.2) is 15.6 Å². The van der Waals surface area contributed by atoms with E-state index in [0.717, 1.165) is 10.8 Å². The van der Waals surface area contributed by atoms with E-state index in [1.54, 1.807) is 25.1 Å². The number of sulfone groups is 1. The predicted molar refractivity (Wildman–Crippen MR) is 80.5 cm³/mol. The molecule has 0 aliphatic carbocycles. The molecule has 0 N–H and O–H groups in total. The largest absolute Gasteiger partial charge is 0.298 e. The van der Waals surface area contributed by atoms with E-state index in [1.165, 1.54) is 0 Å². The fraction of sp³-hybridized carbons (Fsp3) is 0.312. The Morgan fingerprint density at radius 1 is 1.10 bits per heavy atom. The third-order valence-corrected chi connectivity index (χ3v) is 5.21. The van der Waals surface area contributed by atoms with Crippen molar-refractivity contribution < 1.29 is 13.2 Å². The van der Waals surface area contributed by atoms with Crippen LogP contribution >= 0.6 is 0 Å². The van der Waals surface area contributed by atoms with Crippen LogP contribution in [0.4, 0.5) is 0 Å². The molecule has 0 aliphatic heterocycles. The van der Waals surface area contributed by atoms with Gasteiger partial charge in [0.25, 0.3) is 0 Å². The van der Waals surface area contributed by atoms with Crippen molar-refractivity contribution in [1.29, 1.82) is 0 Å². The summed E-state index contributed by atoms with van der Waals surface area (Å²) in [7, 11) is -3.56. The zero-order chi connectivity index (χ0) is 14.8. The maximum Gasteiger partial charge on any atom is 0.185 e. The van der Waals surface area contributed by atoms with Crippen molar-refractivity contribution in [3.05, 3.63) is 42.5 Å². The summed E-state index contributed by atoms with van der Waals surface area (Å²) in [5.74, 6) is -0.855. The highest BCUT2D eigenvalue weighted by Crippen LogP contribution is 2.20. The van der Waals surface area contributed by atoms with Gasteiger partial charge in [0, 0.05) is 5.92 Å². The van der Waals surface area contributed by atoms with Gasteiger partial charge in [-0.15, -0.1) is 0 Å². The molecule has 0 amide bonds. The van der Waals surface area contributed by atoms with Gasteiger partial charge in [0.1, 0.15) is 5.75 Å². The van der Waals surface area contributed by atoms with Crippen LogP contribution in [0.2, 0.25) is 0 Å². The Hall–Kier alpha value is -1.68. The molecule has 0 radical (unpaired) electrons. The second-order valence-electron chi connectivity index (χ2n) is 5.04. The van der Waals surface area contributed by atoms with Gasteiger partial charge in [-0.1, -0.05) is 44.2 Å². The van der Waals surface area contributed by atoms with Crippen molar-refractivity contribution in [1.82, 2.24) is 0 Å². The van der Waals surface area contributed by atoms with E-state index in [9.17, 15) is 13.2 Å². The average Bonchev–Trinajstić information content (AvgIpc) is 2.45. The van der Waals surface area contributed by atoms with Crippen molar-refractivity contribution >= 4 is 26.4 Å². The molecular weight excluding hydrogens is 272 g/mol. The minimum absolute atomic E-state index is 0.216. The Morgan fingerprint density at radius 2 is 1.75 bits per heavy atom. The van der Waals surface area contributed by atoms with Crippen LogP contribution in [-0.2, 0) is 14.6 Å². The summed E-state index contributed by atoms with van der Waals surface area (Å²) >= 11 is 0. The SMILES string of the molecule is CCC(C)C(=O)CS(=O)(=O)c1ccc2ccccc2c1. The molecule has 0 saturated heterocycles. The molecule has 2 rings (SSSR count). The van der Waals surface area contributed by atoms with Gasteiger partial charge in [-0.2, -0.15) is 0 Å². The van der Waals surface area contributed by atoms with Crippen molar-refractivity contribution in [3.63, 3.8) is 0 Å². The molecule has 3 nitrogen and oxygen atoms in total. The predicted octanol–water partition coefficient (Wildman–Crippen LogP) is 3.23. The Kier molecular flexibility index (Phi) is 4.23. The van der Waals surface area contributed by atoms with E-state index < -0.39 is 15.6 Å². The third kappa shape index (κ3) is 3.07. The zero-order valence-electron chi connectivity index (χ0n) is 11.7. The fourth-order valence-electron chi connectivity index (χ4n) is 2.00. The maximum atomic E-state index is 12.3. The van der Waals surface area contributed by atoms with E-state index in [1.807, 2.05) is 31.2 Å². The smallest absolute Gasteiger partial charge is 0.185 e. The van der Waals surface area contributed by atoms with Gasteiger partial charge in [-0.05, 0) is 29.3 Å². The Morgan fingerprint density at radius 3 is 2.40 bits per heavy atom. The Labute approximate surface area is 119 Å². The highest BCUT2D eigenvalue weighted by molar-refractivity contribution is 7.92. The van der Waals surface area contributed by atoms with Gasteiger partial charge in [0.05, 0.1) is 4.90 Å². The third-order valence-electron chi connectivity index (χ3n) is 3.57. The van der Waals surface area contributed by atoms with E-state index in [4.69, 9.17) is 0 Å². The van der Waals surface area contributed by atoms with E-state index in [0.29, 0.717) is 6.42 Å². The van der Waals surface area contributed by atoms with E-state index >= 15 is 0 Å². The minimum atomic E-state index is -3.56. The van der Waals surface area contributed by atoms with Crippen LogP contribution in [0, 0.1) is 5.92 Å². The molecule has 0 aliphatic rings. The number of benzene rings is 2. The monoisotopic (exact) mass is 290 g/mol. The highest BCUT2D eigenvalue weighted by Gasteiger charge is 2.22. The molecule has 0 fully saturated rings. The molecule has 2 aromatic rings. The highest BCUT2D eigenvalue weighted by atomic mass is 32.2. The van der Waals surface area contributed by atoms with Crippen LogP contribution in [0.5, 0.6) is 0 Å². The number of ketones is 1. The first kappa shape index (κ1) is 14.7. The second-order valence-corrected chi connectivity index (χ2v) is 7.03. The number of Topliss-reactive ketones (excluding diaryl/α,β-unsaturated/α-hetero) is 1. The zero-order valence-corrected chi connectivity index (χ0v) is 12.5. The number of rotatable bonds is 5. The van der Waals surface area contributed by atoms with Gasteiger partial charge in [0.2, 0.25) is 0 Å². The minimum Gasteiger partial charge on any atom is -0.298 e. The van der Waals surface area contributed by atoms with E-state index in [2.05, 4.69) is 0 Å². The summed E-state index contributed by atoms with van der Waals surface area (Å²) in [4.78, 5) is 12.1. The fourth-order valence-corrected chi connectivity index (χ4v) is 3.41. The molecule has 2 aromatic carbocycles. The van der Waals surface area contributed by atoms with Crippen molar-refractivity contribution in [2.75, 3.05) is 5.75 Å². The van der Waals surface area contributed by atoms with Crippen LogP contribution in [0.3, 0.4) is 0 Å². The lowest BCUT2D eigenvalue weighted by atomic mass is 10.1. The van der Waals surface area contributed by atoms with E-state index in [-0.39, 0.29) is 16.6 Å². The summed E-state index contributed by atoms with van der Waals surface area (Å²) in [5, 5.41) is 1.85. The van der Waals surface area contributed by atoms with Crippen molar-refractivity contribution in [3.8, 4) is 0 Å². The molecule has 20 heavy (non-hydrogen) atoms. The standard InChI is InChI=1S/C16H18O3S/c1-3-12(2)16(17)11-20(18,19)15-9-8-13-6-4-5-7-14(13)10-15/h4-10,12H,3,11H2,1-2H3. The van der Waals surface area contributed by atoms with Crippen LogP contribution in [0.15, 0.2) is 47.4 Å². The lowest BCUT2D eigenvalue weighted by molar-refractivity contribution is -0.119. The molecule has 1 unspecified atom stereocenters. The first-order valence-corrected chi connectivity index (χ1v) is 8.33. The second kappa shape index (κ2) is 5.75. The number of hydrogen-bond donors (Lipinski definition) is 0. The molecule has 4 heteroatoms. The molecule has 0 spiro atoms. The Balaban J connectivity index is 2.34. The van der Waals surface area contributed by atoms with Gasteiger partial charge in [-0.3, -0.25) is 4.79 Å². The number of fused-ring (bicyclic) bond motifs is 1. The summed E-state index contributed by atoms with van der Waals surface area (Å²) < 4.78 is 24.6. The molecule has 0 bridgehead atoms. The first-order valence-electron chi connectivity index (χ1n) is 6.68.